The number of carbonyl (C=O) groups is 1. The fraction of sp³-hybridized carbons (Fsp3) is 0.167. The number of aryl methyl sites for hydroxylation is 1. The number of hydrogen-bond acceptors (Lipinski definition) is 4. The Morgan fingerprint density at radius 2 is 2.03 bits per heavy atom. The Morgan fingerprint density at radius 3 is 2.90 bits per heavy atom. The maximum atomic E-state index is 12.4. The van der Waals surface area contributed by atoms with E-state index >= 15 is 0 Å². The second-order valence-corrected chi connectivity index (χ2v) is 8.04. The number of nitrogens with one attached hydrogen (secondary N) is 2. The number of aromatic amines is 1. The van der Waals surface area contributed by atoms with Crippen molar-refractivity contribution in [3.63, 3.8) is 0 Å². The van der Waals surface area contributed by atoms with Crippen LogP contribution in [-0.4, -0.2) is 36.5 Å². The molecule has 6 rings (SSSR count). The topological polar surface area (TPSA) is 88.5 Å². The van der Waals surface area contributed by atoms with E-state index in [-0.39, 0.29) is 5.91 Å². The number of aromatic nitrogens is 5. The van der Waals surface area contributed by atoms with Gasteiger partial charge < -0.3 is 14.9 Å². The molecular formula is C24H20N6O. The molecular weight excluding hydrogens is 388 g/mol. The van der Waals surface area contributed by atoms with Crippen LogP contribution >= 0.6 is 0 Å². The summed E-state index contributed by atoms with van der Waals surface area (Å²) >= 11 is 0. The normalized spacial score (nSPS) is 13.7. The van der Waals surface area contributed by atoms with E-state index in [0.717, 1.165) is 57.4 Å². The summed E-state index contributed by atoms with van der Waals surface area (Å²) in [6.45, 7) is 0. The van der Waals surface area contributed by atoms with Gasteiger partial charge in [-0.05, 0) is 42.7 Å². The lowest BCUT2D eigenvalue weighted by atomic mass is 10.1. The van der Waals surface area contributed by atoms with Gasteiger partial charge in [0.15, 0.2) is 5.65 Å². The molecule has 31 heavy (non-hydrogen) atoms. The van der Waals surface area contributed by atoms with Crippen molar-refractivity contribution in [1.29, 1.82) is 0 Å². The van der Waals surface area contributed by atoms with E-state index in [1.165, 1.54) is 0 Å². The lowest BCUT2D eigenvalue weighted by Gasteiger charge is -2.06. The second kappa shape index (κ2) is 6.77. The Kier molecular flexibility index (Phi) is 3.89. The highest BCUT2D eigenvalue weighted by molar-refractivity contribution is 5.96. The summed E-state index contributed by atoms with van der Waals surface area (Å²) in [7, 11) is 1.98. The van der Waals surface area contributed by atoms with Crippen LogP contribution in [0.5, 0.6) is 0 Å². The lowest BCUT2D eigenvalue weighted by molar-refractivity contribution is 0.0951. The summed E-state index contributed by atoms with van der Waals surface area (Å²) in [5.74, 6) is -0.0369. The molecule has 1 saturated carbocycles. The Hall–Kier alpha value is -4.00. The first kappa shape index (κ1) is 17.8. The number of amides is 1. The van der Waals surface area contributed by atoms with Crippen LogP contribution < -0.4 is 5.32 Å². The first-order valence-electron chi connectivity index (χ1n) is 10.3. The third-order valence-electron chi connectivity index (χ3n) is 5.75. The van der Waals surface area contributed by atoms with Crippen molar-refractivity contribution >= 4 is 28.1 Å². The van der Waals surface area contributed by atoms with Gasteiger partial charge in [-0.2, -0.15) is 0 Å². The number of nitrogens with zero attached hydrogens (tertiary/aromatic N) is 4. The summed E-state index contributed by atoms with van der Waals surface area (Å²) in [6, 6.07) is 14.1. The minimum Gasteiger partial charge on any atom is -0.349 e. The van der Waals surface area contributed by atoms with Crippen LogP contribution in [0, 0.1) is 0 Å². The maximum absolute atomic E-state index is 12.4. The molecule has 2 N–H and O–H groups in total. The molecule has 2 aromatic carbocycles. The van der Waals surface area contributed by atoms with E-state index in [4.69, 9.17) is 4.98 Å². The highest BCUT2D eigenvalue weighted by Crippen LogP contribution is 2.30. The quantitative estimate of drug-likeness (QED) is 0.469. The average Bonchev–Trinajstić information content (AvgIpc) is 3.40. The van der Waals surface area contributed by atoms with Crippen molar-refractivity contribution in [2.24, 2.45) is 7.05 Å². The van der Waals surface area contributed by atoms with Gasteiger partial charge in [-0.25, -0.2) is 15.0 Å². The molecule has 0 spiro atoms. The minimum absolute atomic E-state index is 0.0369. The van der Waals surface area contributed by atoms with Crippen molar-refractivity contribution in [1.82, 2.24) is 29.8 Å². The molecule has 0 saturated heterocycles. The standard InChI is InChI=1S/C24H20N6O/c1-30-13-27-19-8-5-14(10-21(19)30)18-11-25-23-22(18)29-20(12-26-23)15-3-2-4-16(9-15)24(31)28-17-6-7-17/h2-5,8-13,17H,6-7H2,1H3,(H,25,26)(H,28,31). The minimum atomic E-state index is -0.0369. The van der Waals surface area contributed by atoms with Gasteiger partial charge in [0.1, 0.15) is 5.52 Å². The molecule has 3 aromatic heterocycles. The number of imidazole rings is 1. The van der Waals surface area contributed by atoms with Crippen LogP contribution in [0.1, 0.15) is 23.2 Å². The van der Waals surface area contributed by atoms with Crippen LogP contribution in [0.15, 0.2) is 61.2 Å². The van der Waals surface area contributed by atoms with Crippen molar-refractivity contribution in [3.05, 3.63) is 66.7 Å². The van der Waals surface area contributed by atoms with Crippen molar-refractivity contribution in [3.8, 4) is 22.4 Å². The van der Waals surface area contributed by atoms with E-state index in [0.29, 0.717) is 11.6 Å². The molecule has 7 heteroatoms. The molecule has 3 heterocycles. The predicted molar refractivity (Wildman–Crippen MR) is 120 cm³/mol. The third-order valence-corrected chi connectivity index (χ3v) is 5.75. The first-order valence-corrected chi connectivity index (χ1v) is 10.3. The highest BCUT2D eigenvalue weighted by Gasteiger charge is 2.24. The molecule has 0 unspecified atom stereocenters. The van der Waals surface area contributed by atoms with Crippen LogP contribution in [0.2, 0.25) is 0 Å². The number of hydrogen-bond donors (Lipinski definition) is 2. The summed E-state index contributed by atoms with van der Waals surface area (Å²) in [6.07, 6.45) is 7.62. The Bertz CT molecular complexity index is 1460. The molecule has 152 valence electrons. The lowest BCUT2D eigenvalue weighted by Crippen LogP contribution is -2.25. The summed E-state index contributed by atoms with van der Waals surface area (Å²) in [5, 5.41) is 3.03. The van der Waals surface area contributed by atoms with E-state index < -0.39 is 0 Å². The SMILES string of the molecule is Cn1cnc2ccc(-c3c[nH]c4ncc(-c5cccc(C(=O)NC6CC6)c5)nc34)cc21. The van der Waals surface area contributed by atoms with Crippen LogP contribution in [-0.2, 0) is 7.05 Å². The van der Waals surface area contributed by atoms with Crippen molar-refractivity contribution in [2.45, 2.75) is 18.9 Å². The zero-order valence-electron chi connectivity index (χ0n) is 17.0. The van der Waals surface area contributed by atoms with E-state index in [1.54, 1.807) is 6.20 Å². The van der Waals surface area contributed by atoms with E-state index in [1.807, 2.05) is 54.5 Å². The van der Waals surface area contributed by atoms with E-state index in [9.17, 15) is 4.79 Å². The molecule has 1 aliphatic carbocycles. The maximum Gasteiger partial charge on any atom is 0.251 e. The number of H-pyrrole nitrogens is 1. The van der Waals surface area contributed by atoms with Crippen LogP contribution in [0.25, 0.3) is 44.6 Å². The Balaban J connectivity index is 1.41. The number of rotatable bonds is 4. The van der Waals surface area contributed by atoms with Gasteiger partial charge in [0.25, 0.3) is 5.91 Å². The number of benzene rings is 2. The van der Waals surface area contributed by atoms with Gasteiger partial charge in [-0.15, -0.1) is 0 Å². The van der Waals surface area contributed by atoms with E-state index in [2.05, 4.69) is 32.4 Å². The zero-order valence-corrected chi connectivity index (χ0v) is 17.0. The third kappa shape index (κ3) is 3.15. The predicted octanol–water partition coefficient (Wildman–Crippen LogP) is 4.07. The first-order chi connectivity index (χ1) is 15.2. The number of carbonyl (C=O) groups excluding carboxylic acids is 1. The van der Waals surface area contributed by atoms with Gasteiger partial charge in [0.2, 0.25) is 0 Å². The molecule has 1 aliphatic rings. The fourth-order valence-corrected chi connectivity index (χ4v) is 3.86. The molecule has 0 atom stereocenters. The van der Waals surface area contributed by atoms with Crippen LogP contribution in [0.3, 0.4) is 0 Å². The summed E-state index contributed by atoms with van der Waals surface area (Å²) in [4.78, 5) is 29.5. The largest absolute Gasteiger partial charge is 0.349 e. The Labute approximate surface area is 178 Å². The van der Waals surface area contributed by atoms with Crippen molar-refractivity contribution < 1.29 is 4.79 Å². The molecule has 0 aliphatic heterocycles. The summed E-state index contributed by atoms with van der Waals surface area (Å²) < 4.78 is 2.00. The van der Waals surface area contributed by atoms with Gasteiger partial charge in [0, 0.05) is 36.0 Å². The highest BCUT2D eigenvalue weighted by atomic mass is 16.1. The molecule has 0 radical (unpaired) electrons. The van der Waals surface area contributed by atoms with Gasteiger partial charge in [-0.1, -0.05) is 18.2 Å². The molecule has 1 fully saturated rings. The zero-order chi connectivity index (χ0) is 20.9. The van der Waals surface area contributed by atoms with Gasteiger partial charge >= 0.3 is 0 Å². The van der Waals surface area contributed by atoms with Gasteiger partial charge in [-0.3, -0.25) is 4.79 Å². The average molecular weight is 408 g/mol. The monoisotopic (exact) mass is 408 g/mol. The van der Waals surface area contributed by atoms with Crippen LogP contribution in [0.4, 0.5) is 0 Å². The number of fused-ring (bicyclic) bond motifs is 2. The van der Waals surface area contributed by atoms with Crippen molar-refractivity contribution in [2.75, 3.05) is 0 Å². The molecule has 7 nitrogen and oxygen atoms in total. The summed E-state index contributed by atoms with van der Waals surface area (Å²) in [5.41, 5.74) is 7.81. The molecule has 0 bridgehead atoms. The van der Waals surface area contributed by atoms with Gasteiger partial charge in [0.05, 0.1) is 29.3 Å². The molecule has 1 amide bonds. The Morgan fingerprint density at radius 1 is 1.13 bits per heavy atom. The smallest absolute Gasteiger partial charge is 0.251 e. The fourth-order valence-electron chi connectivity index (χ4n) is 3.86. The second-order valence-electron chi connectivity index (χ2n) is 8.04. The molecule has 5 aromatic rings.